The van der Waals surface area contributed by atoms with Crippen molar-refractivity contribution in [3.63, 3.8) is 0 Å². The van der Waals surface area contributed by atoms with E-state index in [1.807, 2.05) is 6.07 Å². The smallest absolute Gasteiger partial charge is 0.165 e. The van der Waals surface area contributed by atoms with Gasteiger partial charge in [0.25, 0.3) is 0 Å². The number of furan rings is 1. The number of oxime groups is 1. The van der Waals surface area contributed by atoms with Crippen molar-refractivity contribution in [1.82, 2.24) is 10.2 Å². The van der Waals surface area contributed by atoms with Gasteiger partial charge in [0, 0.05) is 24.1 Å². The number of nitrogens with zero attached hydrogens (tertiary/aromatic N) is 2. The molecule has 1 saturated heterocycles. The summed E-state index contributed by atoms with van der Waals surface area (Å²) in [6.07, 6.45) is 2.74. The minimum absolute atomic E-state index is 0.152. The highest BCUT2D eigenvalue weighted by Crippen LogP contribution is 2.34. The van der Waals surface area contributed by atoms with Crippen LogP contribution in [-0.4, -0.2) is 66.0 Å². The first-order valence-electron chi connectivity index (χ1n) is 12.5. The second kappa shape index (κ2) is 11.6. The lowest BCUT2D eigenvalue weighted by Gasteiger charge is -2.32. The largest absolute Gasteiger partial charge is 0.489 e. The zero-order chi connectivity index (χ0) is 25.9. The lowest BCUT2D eigenvalue weighted by atomic mass is 10.0. The van der Waals surface area contributed by atoms with Gasteiger partial charge < -0.3 is 29.1 Å². The molecule has 3 atom stereocenters. The average molecular weight is 548 g/mol. The first-order valence-corrected chi connectivity index (χ1v) is 13.3. The molecule has 0 radical (unpaired) electrons. The Kier molecular flexibility index (Phi) is 8.24. The molecule has 3 N–H and O–H groups in total. The molecule has 5 rings (SSSR count). The van der Waals surface area contributed by atoms with E-state index in [1.54, 1.807) is 36.4 Å². The van der Waals surface area contributed by atoms with Crippen molar-refractivity contribution < 1.29 is 24.2 Å². The van der Waals surface area contributed by atoms with E-state index >= 15 is 0 Å². The molecule has 1 aliphatic heterocycles. The molecule has 198 valence electrons. The molecule has 1 saturated carbocycles. The Bertz CT molecular complexity index is 1260. The number of likely N-dealkylation sites (tertiary alicyclic amines) is 1. The molecular weight excluding hydrogens is 517 g/mol. The maximum atomic E-state index is 11.5. The molecule has 2 aliphatic rings. The number of halogens is 2. The van der Waals surface area contributed by atoms with Crippen LogP contribution < -0.4 is 10.1 Å². The van der Waals surface area contributed by atoms with Gasteiger partial charge in [0.2, 0.25) is 0 Å². The Morgan fingerprint density at radius 3 is 2.62 bits per heavy atom. The molecule has 0 spiro atoms. The predicted molar refractivity (Wildman–Crippen MR) is 143 cm³/mol. The van der Waals surface area contributed by atoms with E-state index in [2.05, 4.69) is 15.4 Å². The van der Waals surface area contributed by atoms with Crippen molar-refractivity contribution in [2.45, 2.75) is 50.2 Å². The standard InChI is InChI=1S/C27H31Cl2N3O5/c1-35-27(25(31-34)24-14-17-12-18(28)5-9-22(17)37-24)30-21(15-32-10-2-3-11-32)26(33)16-4-8-23(20(29)13-16)36-19-6-7-19/h4-5,8-9,12-14,19,21,26-27,30,33-34H,2-3,6-7,10-11,15H2,1H3/b31-25+/t21-,26-,27?/m1/s1. The predicted octanol–water partition coefficient (Wildman–Crippen LogP) is 5.22. The molecule has 1 aromatic heterocycles. The maximum Gasteiger partial charge on any atom is 0.165 e. The minimum Gasteiger partial charge on any atom is -0.489 e. The molecule has 0 bridgehead atoms. The summed E-state index contributed by atoms with van der Waals surface area (Å²) in [7, 11) is 1.50. The van der Waals surface area contributed by atoms with Crippen molar-refractivity contribution in [1.29, 1.82) is 0 Å². The highest BCUT2D eigenvalue weighted by Gasteiger charge is 2.32. The fraction of sp³-hybridized carbons (Fsp3) is 0.444. The average Bonchev–Trinajstić information content (AvgIpc) is 3.38. The molecule has 8 nitrogen and oxygen atoms in total. The van der Waals surface area contributed by atoms with Gasteiger partial charge in [0.05, 0.1) is 23.3 Å². The highest BCUT2D eigenvalue weighted by atomic mass is 35.5. The lowest BCUT2D eigenvalue weighted by molar-refractivity contribution is 0.0535. The van der Waals surface area contributed by atoms with Crippen LogP contribution in [0.2, 0.25) is 10.0 Å². The van der Waals surface area contributed by atoms with Crippen LogP contribution in [0.15, 0.2) is 52.0 Å². The van der Waals surface area contributed by atoms with Crippen LogP contribution in [0.1, 0.15) is 43.1 Å². The number of methoxy groups -OCH3 is 1. The number of rotatable bonds is 11. The number of aliphatic hydroxyl groups excluding tert-OH is 1. The summed E-state index contributed by atoms with van der Waals surface area (Å²) in [5, 5.41) is 30.1. The summed E-state index contributed by atoms with van der Waals surface area (Å²) in [6, 6.07) is 11.9. The zero-order valence-corrected chi connectivity index (χ0v) is 22.1. The van der Waals surface area contributed by atoms with Crippen molar-refractivity contribution >= 4 is 39.9 Å². The number of fused-ring (bicyclic) bond motifs is 1. The second-order valence-electron chi connectivity index (χ2n) is 9.63. The van der Waals surface area contributed by atoms with Crippen LogP contribution >= 0.6 is 23.2 Å². The monoisotopic (exact) mass is 547 g/mol. The SMILES string of the molecule is COC(N[C@H](CN1CCCC1)[C@H](O)c1ccc(OC2CC2)c(Cl)c1)/C(=N/O)c1cc2cc(Cl)ccc2o1. The summed E-state index contributed by atoms with van der Waals surface area (Å²) in [4.78, 5) is 2.29. The van der Waals surface area contributed by atoms with Gasteiger partial charge in [0.15, 0.2) is 17.7 Å². The first-order chi connectivity index (χ1) is 17.9. The molecular formula is C27H31Cl2N3O5. The number of hydrogen-bond acceptors (Lipinski definition) is 8. The fourth-order valence-corrected chi connectivity index (χ4v) is 5.12. The summed E-state index contributed by atoms with van der Waals surface area (Å²) >= 11 is 12.6. The minimum atomic E-state index is -0.917. The van der Waals surface area contributed by atoms with Crippen LogP contribution in [-0.2, 0) is 4.74 Å². The van der Waals surface area contributed by atoms with Crippen molar-refractivity contribution in [2.75, 3.05) is 26.7 Å². The van der Waals surface area contributed by atoms with Gasteiger partial charge in [-0.2, -0.15) is 0 Å². The number of aliphatic hydroxyl groups is 1. The summed E-state index contributed by atoms with van der Waals surface area (Å²) in [5.41, 5.74) is 1.41. The van der Waals surface area contributed by atoms with E-state index in [4.69, 9.17) is 37.1 Å². The highest BCUT2D eigenvalue weighted by molar-refractivity contribution is 6.32. The van der Waals surface area contributed by atoms with Crippen LogP contribution in [0, 0.1) is 0 Å². The van der Waals surface area contributed by atoms with Gasteiger partial charge in [0.1, 0.15) is 11.3 Å². The third kappa shape index (κ3) is 6.22. The normalized spacial score (nSPS) is 19.3. The number of ether oxygens (including phenoxy) is 2. The third-order valence-corrected chi connectivity index (χ3v) is 7.37. The molecule has 2 heterocycles. The van der Waals surface area contributed by atoms with Crippen molar-refractivity contribution in [2.24, 2.45) is 5.16 Å². The van der Waals surface area contributed by atoms with Crippen LogP contribution in [0.4, 0.5) is 0 Å². The van der Waals surface area contributed by atoms with Crippen LogP contribution in [0.5, 0.6) is 5.75 Å². The summed E-state index contributed by atoms with van der Waals surface area (Å²) < 4.78 is 17.4. The van der Waals surface area contributed by atoms with Crippen molar-refractivity contribution in [3.8, 4) is 5.75 Å². The van der Waals surface area contributed by atoms with E-state index in [1.165, 1.54) is 7.11 Å². The second-order valence-corrected chi connectivity index (χ2v) is 10.5. The number of benzene rings is 2. The summed E-state index contributed by atoms with van der Waals surface area (Å²) in [6.45, 7) is 2.46. The molecule has 1 aliphatic carbocycles. The van der Waals surface area contributed by atoms with Gasteiger partial charge in [-0.3, -0.25) is 5.32 Å². The quantitative estimate of drug-likeness (QED) is 0.131. The Hall–Kier alpha value is -2.33. The molecule has 0 amide bonds. The van der Waals surface area contributed by atoms with Crippen molar-refractivity contribution in [3.05, 3.63) is 63.8 Å². The lowest BCUT2D eigenvalue weighted by Crippen LogP contribution is -2.51. The van der Waals surface area contributed by atoms with E-state index in [-0.39, 0.29) is 11.8 Å². The number of hydrogen-bond donors (Lipinski definition) is 3. The Morgan fingerprint density at radius 2 is 1.95 bits per heavy atom. The van der Waals surface area contributed by atoms with Crippen LogP contribution in [0.3, 0.4) is 0 Å². The first kappa shape index (κ1) is 26.3. The van der Waals surface area contributed by atoms with Gasteiger partial charge >= 0.3 is 0 Å². The van der Waals surface area contributed by atoms with E-state index in [9.17, 15) is 10.3 Å². The Labute approximate surface area is 225 Å². The summed E-state index contributed by atoms with van der Waals surface area (Å²) in [5.74, 6) is 0.955. The van der Waals surface area contributed by atoms with Gasteiger partial charge in [-0.15, -0.1) is 0 Å². The van der Waals surface area contributed by atoms with Gasteiger partial charge in [-0.25, -0.2) is 0 Å². The van der Waals surface area contributed by atoms with E-state index in [0.29, 0.717) is 39.2 Å². The molecule has 10 heteroatoms. The zero-order valence-electron chi connectivity index (χ0n) is 20.6. The Balaban J connectivity index is 1.39. The Morgan fingerprint density at radius 1 is 1.16 bits per heavy atom. The third-order valence-electron chi connectivity index (χ3n) is 6.84. The number of nitrogens with one attached hydrogen (secondary N) is 1. The molecule has 37 heavy (non-hydrogen) atoms. The molecule has 2 aromatic carbocycles. The topological polar surface area (TPSA) is 99.7 Å². The van der Waals surface area contributed by atoms with E-state index in [0.717, 1.165) is 44.2 Å². The maximum absolute atomic E-state index is 11.5. The molecule has 3 aromatic rings. The van der Waals surface area contributed by atoms with E-state index < -0.39 is 18.4 Å². The molecule has 1 unspecified atom stereocenters. The van der Waals surface area contributed by atoms with Crippen LogP contribution in [0.25, 0.3) is 11.0 Å². The van der Waals surface area contributed by atoms with Gasteiger partial charge in [-0.05, 0) is 80.7 Å². The fourth-order valence-electron chi connectivity index (χ4n) is 4.71. The van der Waals surface area contributed by atoms with Gasteiger partial charge in [-0.1, -0.05) is 34.4 Å². The molecule has 2 fully saturated rings.